The number of hydrogen-bond donors (Lipinski definition) is 2. The van der Waals surface area contributed by atoms with Crippen LogP contribution in [0.15, 0.2) is 4.99 Å². The summed E-state index contributed by atoms with van der Waals surface area (Å²) in [4.78, 5) is 4.27. The molecule has 0 heterocycles. The fourth-order valence-electron chi connectivity index (χ4n) is 2.50. The summed E-state index contributed by atoms with van der Waals surface area (Å²) in [7, 11) is 0. The van der Waals surface area contributed by atoms with Gasteiger partial charge in [0.2, 0.25) is 0 Å². The Hall–Kier alpha value is -0.730. The van der Waals surface area contributed by atoms with Crippen LogP contribution in [0.1, 0.15) is 46.5 Å². The van der Waals surface area contributed by atoms with E-state index >= 15 is 0 Å². The first-order valence-corrected chi connectivity index (χ1v) is 6.25. The average molecular weight is 211 g/mol. The molecule has 0 spiro atoms. The van der Waals surface area contributed by atoms with E-state index in [9.17, 15) is 0 Å². The van der Waals surface area contributed by atoms with E-state index in [4.69, 9.17) is 5.73 Å². The number of nitrogens with zero attached hydrogens (tertiary/aromatic N) is 1. The van der Waals surface area contributed by atoms with E-state index in [1.54, 1.807) is 0 Å². The lowest BCUT2D eigenvalue weighted by Gasteiger charge is -2.21. The Morgan fingerprint density at radius 1 is 1.40 bits per heavy atom. The number of rotatable bonds is 4. The third-order valence-electron chi connectivity index (χ3n) is 3.59. The van der Waals surface area contributed by atoms with Gasteiger partial charge in [0.25, 0.3) is 0 Å². The van der Waals surface area contributed by atoms with Crippen LogP contribution in [0.2, 0.25) is 0 Å². The summed E-state index contributed by atoms with van der Waals surface area (Å²) in [5.41, 5.74) is 5.83. The highest BCUT2D eigenvalue weighted by atomic mass is 15.1. The quantitative estimate of drug-likeness (QED) is 0.553. The van der Waals surface area contributed by atoms with Crippen molar-refractivity contribution in [2.45, 2.75) is 52.5 Å². The van der Waals surface area contributed by atoms with Crippen molar-refractivity contribution in [2.24, 2.45) is 22.6 Å². The molecule has 0 aromatic carbocycles. The van der Waals surface area contributed by atoms with E-state index < -0.39 is 0 Å². The zero-order valence-electron chi connectivity index (χ0n) is 10.3. The molecule has 15 heavy (non-hydrogen) atoms. The highest BCUT2D eigenvalue weighted by Crippen LogP contribution is 2.33. The third kappa shape index (κ3) is 3.40. The van der Waals surface area contributed by atoms with Crippen molar-refractivity contribution in [3.63, 3.8) is 0 Å². The van der Waals surface area contributed by atoms with E-state index in [1.807, 2.05) is 0 Å². The van der Waals surface area contributed by atoms with Gasteiger partial charge in [0.15, 0.2) is 5.96 Å². The highest BCUT2D eigenvalue weighted by molar-refractivity contribution is 5.78. The van der Waals surface area contributed by atoms with Gasteiger partial charge >= 0.3 is 0 Å². The lowest BCUT2D eigenvalue weighted by molar-refractivity contribution is 0.368. The number of hydrogen-bond acceptors (Lipinski definition) is 1. The molecule has 1 aliphatic carbocycles. The molecule has 0 aliphatic heterocycles. The van der Waals surface area contributed by atoms with Crippen molar-refractivity contribution in [3.8, 4) is 0 Å². The van der Waals surface area contributed by atoms with Crippen LogP contribution in [-0.4, -0.2) is 18.5 Å². The molecule has 0 amide bonds. The molecule has 3 N–H and O–H groups in total. The summed E-state index contributed by atoms with van der Waals surface area (Å²) in [6, 6.07) is 0.538. The number of nitrogens with two attached hydrogens (primary N) is 1. The Labute approximate surface area is 93.5 Å². The van der Waals surface area contributed by atoms with Crippen LogP contribution in [0.5, 0.6) is 0 Å². The SMILES string of the molecule is CCCN=C(N)NC1CCC(CC)C1C. The first-order valence-electron chi connectivity index (χ1n) is 6.25. The van der Waals surface area contributed by atoms with Crippen molar-refractivity contribution < 1.29 is 0 Å². The molecule has 0 aromatic heterocycles. The van der Waals surface area contributed by atoms with Crippen molar-refractivity contribution >= 4 is 5.96 Å². The standard InChI is InChI=1S/C12H25N3/c1-4-8-14-12(13)15-11-7-6-10(5-2)9(11)3/h9-11H,4-8H2,1-3H3,(H3,13,14,15). The summed E-state index contributed by atoms with van der Waals surface area (Å²) in [6.07, 6.45) is 4.91. The minimum atomic E-state index is 0.538. The van der Waals surface area contributed by atoms with Crippen LogP contribution in [0.25, 0.3) is 0 Å². The molecular weight excluding hydrogens is 186 g/mol. The Morgan fingerprint density at radius 3 is 2.67 bits per heavy atom. The predicted octanol–water partition coefficient (Wildman–Crippen LogP) is 2.13. The summed E-state index contributed by atoms with van der Waals surface area (Å²) in [5.74, 6) is 2.22. The minimum absolute atomic E-state index is 0.538. The van der Waals surface area contributed by atoms with Gasteiger partial charge in [-0.25, -0.2) is 0 Å². The fraction of sp³-hybridized carbons (Fsp3) is 0.917. The number of guanidine groups is 1. The van der Waals surface area contributed by atoms with Gasteiger partial charge in [-0.1, -0.05) is 27.2 Å². The van der Waals surface area contributed by atoms with Crippen molar-refractivity contribution in [1.29, 1.82) is 0 Å². The number of aliphatic imine (C=N–C) groups is 1. The summed E-state index contributed by atoms with van der Waals surface area (Å²) >= 11 is 0. The highest BCUT2D eigenvalue weighted by Gasteiger charge is 2.31. The zero-order valence-corrected chi connectivity index (χ0v) is 10.3. The van der Waals surface area contributed by atoms with E-state index in [0.717, 1.165) is 24.8 Å². The lowest BCUT2D eigenvalue weighted by Crippen LogP contribution is -2.42. The first-order chi connectivity index (χ1) is 7.19. The van der Waals surface area contributed by atoms with Crippen molar-refractivity contribution in [3.05, 3.63) is 0 Å². The molecule has 0 radical (unpaired) electrons. The van der Waals surface area contributed by atoms with Gasteiger partial charge in [0.05, 0.1) is 0 Å². The Balaban J connectivity index is 2.39. The smallest absolute Gasteiger partial charge is 0.188 e. The molecule has 1 aliphatic rings. The van der Waals surface area contributed by atoms with Crippen LogP contribution in [0.3, 0.4) is 0 Å². The lowest BCUT2D eigenvalue weighted by atomic mass is 9.94. The zero-order chi connectivity index (χ0) is 11.3. The number of nitrogens with one attached hydrogen (secondary N) is 1. The molecule has 1 rings (SSSR count). The second-order valence-corrected chi connectivity index (χ2v) is 4.62. The van der Waals surface area contributed by atoms with Gasteiger partial charge in [0, 0.05) is 12.6 Å². The van der Waals surface area contributed by atoms with Gasteiger partial charge in [-0.3, -0.25) is 4.99 Å². The van der Waals surface area contributed by atoms with Crippen LogP contribution >= 0.6 is 0 Å². The Morgan fingerprint density at radius 2 is 2.13 bits per heavy atom. The van der Waals surface area contributed by atoms with Crippen LogP contribution in [-0.2, 0) is 0 Å². The fourth-order valence-corrected chi connectivity index (χ4v) is 2.50. The summed E-state index contributed by atoms with van der Waals surface area (Å²) in [5, 5.41) is 3.36. The molecule has 3 heteroatoms. The summed E-state index contributed by atoms with van der Waals surface area (Å²) in [6.45, 7) is 7.54. The average Bonchev–Trinajstić information content (AvgIpc) is 2.57. The van der Waals surface area contributed by atoms with Crippen molar-refractivity contribution in [1.82, 2.24) is 5.32 Å². The van der Waals surface area contributed by atoms with Gasteiger partial charge in [-0.15, -0.1) is 0 Å². The molecule has 0 bridgehead atoms. The monoisotopic (exact) mass is 211 g/mol. The second kappa shape index (κ2) is 5.99. The van der Waals surface area contributed by atoms with Gasteiger partial charge < -0.3 is 11.1 Å². The van der Waals surface area contributed by atoms with Gasteiger partial charge in [-0.05, 0) is 31.1 Å². The first kappa shape index (κ1) is 12.3. The molecule has 3 nitrogen and oxygen atoms in total. The van der Waals surface area contributed by atoms with Crippen LogP contribution in [0.4, 0.5) is 0 Å². The Kier molecular flexibility index (Phi) is 4.92. The van der Waals surface area contributed by atoms with Gasteiger partial charge in [-0.2, -0.15) is 0 Å². The largest absolute Gasteiger partial charge is 0.370 e. The maximum absolute atomic E-state index is 5.83. The summed E-state index contributed by atoms with van der Waals surface area (Å²) < 4.78 is 0. The third-order valence-corrected chi connectivity index (χ3v) is 3.59. The normalized spacial score (nSPS) is 31.9. The molecule has 0 saturated heterocycles. The molecule has 88 valence electrons. The maximum atomic E-state index is 5.83. The van der Waals surface area contributed by atoms with Gasteiger partial charge in [0.1, 0.15) is 0 Å². The molecular formula is C12H25N3. The van der Waals surface area contributed by atoms with Crippen LogP contribution < -0.4 is 11.1 Å². The minimum Gasteiger partial charge on any atom is -0.370 e. The van der Waals surface area contributed by atoms with Crippen molar-refractivity contribution in [2.75, 3.05) is 6.54 Å². The molecule has 0 aromatic rings. The molecule has 1 fully saturated rings. The molecule has 1 saturated carbocycles. The maximum Gasteiger partial charge on any atom is 0.188 e. The van der Waals surface area contributed by atoms with E-state index in [-0.39, 0.29) is 0 Å². The topological polar surface area (TPSA) is 50.4 Å². The molecule has 3 atom stereocenters. The van der Waals surface area contributed by atoms with E-state index in [1.165, 1.54) is 19.3 Å². The van der Waals surface area contributed by atoms with E-state index in [2.05, 4.69) is 31.1 Å². The molecule has 3 unspecified atom stereocenters. The predicted molar refractivity (Wildman–Crippen MR) is 65.9 cm³/mol. The van der Waals surface area contributed by atoms with E-state index in [0.29, 0.717) is 12.0 Å². The second-order valence-electron chi connectivity index (χ2n) is 4.62. The Bertz CT molecular complexity index is 213. The van der Waals surface area contributed by atoms with Crippen LogP contribution in [0, 0.1) is 11.8 Å².